The van der Waals surface area contributed by atoms with Gasteiger partial charge in [0.2, 0.25) is 6.10 Å². The van der Waals surface area contributed by atoms with E-state index in [1.54, 1.807) is 18.4 Å². The molecule has 2 heterocycles. The highest BCUT2D eigenvalue weighted by Gasteiger charge is 2.31. The van der Waals surface area contributed by atoms with E-state index in [9.17, 15) is 9.59 Å². The van der Waals surface area contributed by atoms with E-state index in [0.717, 1.165) is 46.6 Å². The van der Waals surface area contributed by atoms with Gasteiger partial charge in [-0.15, -0.1) is 0 Å². The lowest BCUT2D eigenvalue weighted by molar-refractivity contribution is -0.125. The molecule has 0 saturated heterocycles. The summed E-state index contributed by atoms with van der Waals surface area (Å²) in [7, 11) is 0. The molecule has 0 radical (unpaired) electrons. The smallest absolute Gasteiger partial charge is 0.340 e. The van der Waals surface area contributed by atoms with Crippen LogP contribution in [0, 0.1) is 13.8 Å². The first-order chi connectivity index (χ1) is 20.0. The summed E-state index contributed by atoms with van der Waals surface area (Å²) < 4.78 is 11.7. The van der Waals surface area contributed by atoms with Gasteiger partial charge >= 0.3 is 5.97 Å². The number of para-hydroxylation sites is 1. The van der Waals surface area contributed by atoms with Gasteiger partial charge in [-0.2, -0.15) is 0 Å². The van der Waals surface area contributed by atoms with Crippen LogP contribution in [0.5, 0.6) is 0 Å². The molecule has 0 aliphatic heterocycles. The molecule has 1 aliphatic rings. The van der Waals surface area contributed by atoms with Gasteiger partial charge in [0, 0.05) is 16.6 Å². The third kappa shape index (κ3) is 5.54. The summed E-state index contributed by atoms with van der Waals surface area (Å²) >= 11 is 0. The number of benzene rings is 3. The fourth-order valence-corrected chi connectivity index (χ4v) is 5.57. The molecule has 6 nitrogen and oxygen atoms in total. The van der Waals surface area contributed by atoms with Crippen molar-refractivity contribution in [2.75, 3.05) is 5.32 Å². The van der Waals surface area contributed by atoms with Crippen LogP contribution in [0.1, 0.15) is 63.0 Å². The maximum Gasteiger partial charge on any atom is 0.340 e. The van der Waals surface area contributed by atoms with Gasteiger partial charge in [-0.1, -0.05) is 54.6 Å². The number of esters is 1. The molecule has 1 atom stereocenters. The van der Waals surface area contributed by atoms with E-state index in [2.05, 4.69) is 5.32 Å². The van der Waals surface area contributed by atoms with Crippen molar-refractivity contribution in [3.8, 4) is 0 Å². The Morgan fingerprint density at radius 3 is 2.44 bits per heavy atom. The Kier molecular flexibility index (Phi) is 7.21. The second kappa shape index (κ2) is 11.3. The number of furan rings is 1. The lowest BCUT2D eigenvalue weighted by Crippen LogP contribution is -2.27. The van der Waals surface area contributed by atoms with E-state index in [4.69, 9.17) is 14.1 Å². The molecule has 204 valence electrons. The number of fused-ring (bicyclic) bond motifs is 2. The van der Waals surface area contributed by atoms with Crippen molar-refractivity contribution in [1.29, 1.82) is 0 Å². The van der Waals surface area contributed by atoms with Gasteiger partial charge in [0.05, 0.1) is 23.0 Å². The Hall–Kier alpha value is -4.97. The Morgan fingerprint density at radius 2 is 1.68 bits per heavy atom. The molecule has 3 aromatic carbocycles. The van der Waals surface area contributed by atoms with E-state index in [0.29, 0.717) is 34.1 Å². The number of hydrogen-bond donors (Lipinski definition) is 1. The number of nitrogens with one attached hydrogen (secondary N) is 1. The number of carbonyl (C=O) groups excluding carboxylic acids is 2. The quantitative estimate of drug-likeness (QED) is 0.221. The monoisotopic (exact) mass is 542 g/mol. The lowest BCUT2D eigenvalue weighted by atomic mass is 9.86. The van der Waals surface area contributed by atoms with E-state index >= 15 is 0 Å². The maximum absolute atomic E-state index is 14.1. The minimum absolute atomic E-state index is 0.416. The highest BCUT2D eigenvalue weighted by Crippen LogP contribution is 2.37. The van der Waals surface area contributed by atoms with Crippen molar-refractivity contribution >= 4 is 40.1 Å². The SMILES string of the molecule is Cc1cc(C)cc(NC(=O)C(OC(=O)c2c3c(nc4ccccc24)C(=Cc2ccco2)CCC3)c2ccccc2)c1. The van der Waals surface area contributed by atoms with E-state index in [1.165, 1.54) is 0 Å². The first kappa shape index (κ1) is 26.3. The summed E-state index contributed by atoms with van der Waals surface area (Å²) in [6, 6.07) is 26.3. The van der Waals surface area contributed by atoms with Gasteiger partial charge in [0.15, 0.2) is 0 Å². The van der Waals surface area contributed by atoms with Gasteiger partial charge in [-0.05, 0) is 91.8 Å². The summed E-state index contributed by atoms with van der Waals surface area (Å²) in [5.74, 6) is -0.233. The highest BCUT2D eigenvalue weighted by atomic mass is 16.5. The molecule has 0 spiro atoms. The topological polar surface area (TPSA) is 81.4 Å². The van der Waals surface area contributed by atoms with E-state index < -0.39 is 18.0 Å². The van der Waals surface area contributed by atoms with Crippen LogP contribution in [0.4, 0.5) is 5.69 Å². The van der Waals surface area contributed by atoms with Gasteiger partial charge < -0.3 is 14.5 Å². The highest BCUT2D eigenvalue weighted by molar-refractivity contribution is 6.08. The first-order valence-corrected chi connectivity index (χ1v) is 13.8. The zero-order valence-electron chi connectivity index (χ0n) is 23.0. The number of hydrogen-bond acceptors (Lipinski definition) is 5. The van der Waals surface area contributed by atoms with Crippen molar-refractivity contribution in [2.24, 2.45) is 0 Å². The fourth-order valence-electron chi connectivity index (χ4n) is 5.57. The molecule has 41 heavy (non-hydrogen) atoms. The molecule has 0 bridgehead atoms. The van der Waals surface area contributed by atoms with Crippen molar-refractivity contribution in [3.05, 3.63) is 130 Å². The minimum atomic E-state index is -1.14. The number of amides is 1. The van der Waals surface area contributed by atoms with Gasteiger partial charge in [0.25, 0.3) is 5.91 Å². The Labute approximate surface area is 238 Å². The molecule has 1 amide bonds. The molecule has 1 unspecified atom stereocenters. The number of ether oxygens (including phenoxy) is 1. The Bertz CT molecular complexity index is 1750. The predicted octanol–water partition coefficient (Wildman–Crippen LogP) is 7.86. The third-order valence-corrected chi connectivity index (χ3v) is 7.29. The van der Waals surface area contributed by atoms with Crippen LogP contribution in [-0.2, 0) is 16.0 Å². The van der Waals surface area contributed by atoms with E-state index in [1.807, 2.05) is 92.7 Å². The van der Waals surface area contributed by atoms with Crippen LogP contribution < -0.4 is 5.32 Å². The number of carbonyl (C=O) groups is 2. The van der Waals surface area contributed by atoms with Crippen molar-refractivity contribution < 1.29 is 18.7 Å². The number of pyridine rings is 1. The number of rotatable bonds is 6. The fraction of sp³-hybridized carbons (Fsp3) is 0.171. The Balaban J connectivity index is 1.41. The summed E-state index contributed by atoms with van der Waals surface area (Å²) in [6.07, 6.45) is 4.83. The van der Waals surface area contributed by atoms with Crippen molar-refractivity contribution in [1.82, 2.24) is 4.98 Å². The van der Waals surface area contributed by atoms with Crippen molar-refractivity contribution in [3.63, 3.8) is 0 Å². The molecular formula is C35H30N2O4. The molecule has 5 aromatic rings. The van der Waals surface area contributed by atoms with Crippen LogP contribution in [-0.4, -0.2) is 16.9 Å². The molecule has 6 heteroatoms. The van der Waals surface area contributed by atoms with Crippen LogP contribution in [0.15, 0.2) is 95.6 Å². The molecule has 0 saturated carbocycles. The predicted molar refractivity (Wildman–Crippen MR) is 160 cm³/mol. The average molecular weight is 543 g/mol. The van der Waals surface area contributed by atoms with Gasteiger partial charge in [0.1, 0.15) is 5.76 Å². The number of aryl methyl sites for hydroxylation is 2. The summed E-state index contributed by atoms with van der Waals surface area (Å²) in [6.45, 7) is 3.95. The summed E-state index contributed by atoms with van der Waals surface area (Å²) in [5, 5.41) is 3.67. The summed E-state index contributed by atoms with van der Waals surface area (Å²) in [4.78, 5) is 32.8. The van der Waals surface area contributed by atoms with Crippen LogP contribution in [0.2, 0.25) is 0 Å². The second-order valence-electron chi connectivity index (χ2n) is 10.4. The van der Waals surface area contributed by atoms with Gasteiger partial charge in [-0.25, -0.2) is 9.78 Å². The molecular weight excluding hydrogens is 512 g/mol. The standard InChI is InChI=1S/C35H30N2O4/c1-22-18-23(2)20-26(19-22)36-34(38)33(24-10-4-3-5-11-24)41-35(39)31-28-14-6-7-16-30(28)37-32-25(12-8-15-29(31)32)21-27-13-9-17-40-27/h3-7,9-11,13-14,16-21,33H,8,12,15H2,1-2H3,(H,36,38). The number of nitrogens with zero attached hydrogens (tertiary/aromatic N) is 1. The number of anilines is 1. The molecule has 1 aliphatic carbocycles. The molecule has 6 rings (SSSR count). The number of aromatic nitrogens is 1. The third-order valence-electron chi connectivity index (χ3n) is 7.29. The molecule has 1 N–H and O–H groups in total. The second-order valence-corrected chi connectivity index (χ2v) is 10.4. The first-order valence-electron chi connectivity index (χ1n) is 13.8. The van der Waals surface area contributed by atoms with Crippen LogP contribution in [0.25, 0.3) is 22.6 Å². The maximum atomic E-state index is 14.1. The zero-order chi connectivity index (χ0) is 28.3. The average Bonchev–Trinajstić information content (AvgIpc) is 3.48. The van der Waals surface area contributed by atoms with Gasteiger partial charge in [-0.3, -0.25) is 4.79 Å². The lowest BCUT2D eigenvalue weighted by Gasteiger charge is -2.24. The Morgan fingerprint density at radius 1 is 0.927 bits per heavy atom. The minimum Gasteiger partial charge on any atom is -0.465 e. The van der Waals surface area contributed by atoms with Crippen LogP contribution >= 0.6 is 0 Å². The summed E-state index contributed by atoms with van der Waals surface area (Å²) in [5.41, 5.74) is 7.07. The number of allylic oxidation sites excluding steroid dienone is 1. The van der Waals surface area contributed by atoms with Crippen LogP contribution in [0.3, 0.4) is 0 Å². The largest absolute Gasteiger partial charge is 0.465 e. The molecule has 0 fully saturated rings. The molecule has 2 aromatic heterocycles. The zero-order valence-corrected chi connectivity index (χ0v) is 23.0. The van der Waals surface area contributed by atoms with Crippen molar-refractivity contribution in [2.45, 2.75) is 39.2 Å². The normalized spacial score (nSPS) is 14.4. The van der Waals surface area contributed by atoms with E-state index in [-0.39, 0.29) is 0 Å².